The number of carboxylic acid groups (broad SMARTS) is 1. The summed E-state index contributed by atoms with van der Waals surface area (Å²) in [6.45, 7) is 4.89. The van der Waals surface area contributed by atoms with Crippen LogP contribution in [0.5, 0.6) is 0 Å². The van der Waals surface area contributed by atoms with Crippen LogP contribution in [0.1, 0.15) is 27.2 Å². The fourth-order valence-electron chi connectivity index (χ4n) is 0.608. The quantitative estimate of drug-likeness (QED) is 0.621. The summed E-state index contributed by atoms with van der Waals surface area (Å²) < 4.78 is 0. The molecule has 0 aliphatic rings. The van der Waals surface area contributed by atoms with E-state index in [1.807, 2.05) is 6.92 Å². The van der Waals surface area contributed by atoms with Gasteiger partial charge in [0.25, 0.3) is 0 Å². The van der Waals surface area contributed by atoms with Gasteiger partial charge in [0, 0.05) is 0 Å². The van der Waals surface area contributed by atoms with E-state index in [2.05, 4.69) is 0 Å². The summed E-state index contributed by atoms with van der Waals surface area (Å²) in [4.78, 5) is 10.4. The number of rotatable bonds is 3. The molecule has 0 fully saturated rings. The zero-order chi connectivity index (χ0) is 8.36. The molecule has 0 aliphatic heterocycles. The summed E-state index contributed by atoms with van der Waals surface area (Å²) in [6.07, 6.45) is 0.666. The van der Waals surface area contributed by atoms with Crippen LogP contribution in [-0.2, 0) is 4.79 Å². The number of hydrogen-bond donors (Lipinski definition) is 2. The van der Waals surface area contributed by atoms with Crippen LogP contribution in [0.15, 0.2) is 0 Å². The van der Waals surface area contributed by atoms with Gasteiger partial charge in [0.15, 0.2) is 5.60 Å². The molecule has 0 heterocycles. The van der Waals surface area contributed by atoms with E-state index >= 15 is 0 Å². The lowest BCUT2D eigenvalue weighted by Crippen LogP contribution is -2.41. The van der Waals surface area contributed by atoms with Crippen molar-refractivity contribution in [2.24, 2.45) is 5.92 Å². The van der Waals surface area contributed by atoms with Crippen molar-refractivity contribution < 1.29 is 15.0 Å². The van der Waals surface area contributed by atoms with Crippen LogP contribution >= 0.6 is 0 Å². The molecule has 0 bridgehead atoms. The smallest absolute Gasteiger partial charge is 0.335 e. The second kappa shape index (κ2) is 3.01. The third-order valence-corrected chi connectivity index (χ3v) is 2.00. The van der Waals surface area contributed by atoms with Gasteiger partial charge in [-0.1, -0.05) is 20.3 Å². The Labute approximate surface area is 60.7 Å². The van der Waals surface area contributed by atoms with Gasteiger partial charge in [0.1, 0.15) is 0 Å². The van der Waals surface area contributed by atoms with Crippen molar-refractivity contribution in [1.29, 1.82) is 0 Å². The van der Waals surface area contributed by atoms with Gasteiger partial charge in [-0.05, 0) is 12.8 Å². The number of carbonyl (C=O) groups is 1. The molecule has 0 saturated carbocycles. The Morgan fingerprint density at radius 1 is 1.70 bits per heavy atom. The standard InChI is InChI=1S/C7H14O3/c1-4-5(2)7(3,10)6(8)9/h5,10H,4H2,1-3H3,(H,8,9)/t5-,7?/m0/s1. The maximum atomic E-state index is 10.4. The van der Waals surface area contributed by atoms with E-state index in [4.69, 9.17) is 5.11 Å². The van der Waals surface area contributed by atoms with E-state index in [-0.39, 0.29) is 5.92 Å². The van der Waals surface area contributed by atoms with Gasteiger partial charge in [-0.2, -0.15) is 0 Å². The number of carboxylic acids is 1. The van der Waals surface area contributed by atoms with Crippen molar-refractivity contribution in [1.82, 2.24) is 0 Å². The van der Waals surface area contributed by atoms with Gasteiger partial charge in [-0.25, -0.2) is 4.79 Å². The molecular weight excluding hydrogens is 132 g/mol. The minimum Gasteiger partial charge on any atom is -0.479 e. The molecule has 2 N–H and O–H groups in total. The summed E-state index contributed by atoms with van der Waals surface area (Å²) in [5.41, 5.74) is -1.57. The summed E-state index contributed by atoms with van der Waals surface area (Å²) in [6, 6.07) is 0. The Hall–Kier alpha value is -0.570. The molecule has 0 amide bonds. The number of hydrogen-bond acceptors (Lipinski definition) is 2. The van der Waals surface area contributed by atoms with Gasteiger partial charge in [-0.3, -0.25) is 0 Å². The van der Waals surface area contributed by atoms with Crippen molar-refractivity contribution in [2.75, 3.05) is 0 Å². The summed E-state index contributed by atoms with van der Waals surface area (Å²) in [5.74, 6) is -1.35. The Balaban J connectivity index is 4.23. The monoisotopic (exact) mass is 146 g/mol. The molecule has 0 aromatic heterocycles. The molecule has 0 aromatic carbocycles. The minimum atomic E-state index is -1.57. The molecule has 3 nitrogen and oxygen atoms in total. The summed E-state index contributed by atoms with van der Waals surface area (Å²) in [7, 11) is 0. The summed E-state index contributed by atoms with van der Waals surface area (Å²) in [5, 5.41) is 17.8. The van der Waals surface area contributed by atoms with Gasteiger partial charge in [0.05, 0.1) is 0 Å². The van der Waals surface area contributed by atoms with E-state index < -0.39 is 11.6 Å². The normalized spacial score (nSPS) is 19.6. The number of aliphatic hydroxyl groups is 1. The summed E-state index contributed by atoms with van der Waals surface area (Å²) >= 11 is 0. The first-order valence-corrected chi connectivity index (χ1v) is 3.38. The van der Waals surface area contributed by atoms with E-state index in [1.165, 1.54) is 6.92 Å². The Morgan fingerprint density at radius 2 is 2.10 bits per heavy atom. The first-order chi connectivity index (χ1) is 4.42. The second-order valence-electron chi connectivity index (χ2n) is 2.76. The molecule has 10 heavy (non-hydrogen) atoms. The molecular formula is C7H14O3. The minimum absolute atomic E-state index is 0.204. The maximum absolute atomic E-state index is 10.4. The second-order valence-corrected chi connectivity index (χ2v) is 2.76. The highest BCUT2D eigenvalue weighted by molar-refractivity contribution is 5.76. The largest absolute Gasteiger partial charge is 0.479 e. The lowest BCUT2D eigenvalue weighted by atomic mass is 9.89. The highest BCUT2D eigenvalue weighted by atomic mass is 16.4. The molecule has 0 radical (unpaired) electrons. The SMILES string of the molecule is CC[C@H](C)C(C)(O)C(=O)O. The van der Waals surface area contributed by atoms with Crippen LogP contribution in [0.3, 0.4) is 0 Å². The van der Waals surface area contributed by atoms with Crippen LogP contribution in [0.2, 0.25) is 0 Å². The van der Waals surface area contributed by atoms with Crippen molar-refractivity contribution in [3.8, 4) is 0 Å². The lowest BCUT2D eigenvalue weighted by Gasteiger charge is -2.24. The lowest BCUT2D eigenvalue weighted by molar-refractivity contribution is -0.161. The van der Waals surface area contributed by atoms with Crippen molar-refractivity contribution in [3.63, 3.8) is 0 Å². The van der Waals surface area contributed by atoms with E-state index in [0.717, 1.165) is 0 Å². The average Bonchev–Trinajstić information content (AvgIpc) is 1.86. The van der Waals surface area contributed by atoms with Crippen LogP contribution in [0.25, 0.3) is 0 Å². The average molecular weight is 146 g/mol. The molecule has 2 atom stereocenters. The fourth-order valence-corrected chi connectivity index (χ4v) is 0.608. The predicted octanol–water partition coefficient (Wildman–Crippen LogP) is 0.868. The first-order valence-electron chi connectivity index (χ1n) is 3.38. The molecule has 60 valence electrons. The molecule has 0 rings (SSSR count). The highest BCUT2D eigenvalue weighted by Crippen LogP contribution is 2.19. The van der Waals surface area contributed by atoms with Gasteiger partial charge in [-0.15, -0.1) is 0 Å². The molecule has 0 aliphatic carbocycles. The molecule has 0 saturated heterocycles. The fraction of sp³-hybridized carbons (Fsp3) is 0.857. The van der Waals surface area contributed by atoms with Gasteiger partial charge < -0.3 is 10.2 Å². The Morgan fingerprint density at radius 3 is 2.20 bits per heavy atom. The van der Waals surface area contributed by atoms with E-state index in [0.29, 0.717) is 6.42 Å². The van der Waals surface area contributed by atoms with Crippen molar-refractivity contribution in [3.05, 3.63) is 0 Å². The van der Waals surface area contributed by atoms with Gasteiger partial charge >= 0.3 is 5.97 Å². The van der Waals surface area contributed by atoms with Crippen LogP contribution < -0.4 is 0 Å². The number of aliphatic carboxylic acids is 1. The Bertz CT molecular complexity index is 129. The van der Waals surface area contributed by atoms with Crippen molar-refractivity contribution >= 4 is 5.97 Å². The zero-order valence-electron chi connectivity index (χ0n) is 6.59. The topological polar surface area (TPSA) is 57.5 Å². The third kappa shape index (κ3) is 1.70. The third-order valence-electron chi connectivity index (χ3n) is 2.00. The molecule has 0 aromatic rings. The van der Waals surface area contributed by atoms with Crippen LogP contribution in [-0.4, -0.2) is 21.8 Å². The van der Waals surface area contributed by atoms with Gasteiger partial charge in [0.2, 0.25) is 0 Å². The highest BCUT2D eigenvalue weighted by Gasteiger charge is 2.34. The van der Waals surface area contributed by atoms with Crippen LogP contribution in [0.4, 0.5) is 0 Å². The van der Waals surface area contributed by atoms with Crippen LogP contribution in [0, 0.1) is 5.92 Å². The van der Waals surface area contributed by atoms with E-state index in [1.54, 1.807) is 6.92 Å². The molecule has 3 heteroatoms. The maximum Gasteiger partial charge on any atom is 0.335 e. The Kier molecular flexibility index (Phi) is 2.84. The van der Waals surface area contributed by atoms with Crippen molar-refractivity contribution in [2.45, 2.75) is 32.8 Å². The predicted molar refractivity (Wildman–Crippen MR) is 37.7 cm³/mol. The molecule has 0 spiro atoms. The molecule has 1 unspecified atom stereocenters. The first kappa shape index (κ1) is 9.43. The van der Waals surface area contributed by atoms with E-state index in [9.17, 15) is 9.90 Å². The zero-order valence-corrected chi connectivity index (χ0v) is 6.59.